The van der Waals surface area contributed by atoms with Crippen LogP contribution in [0.2, 0.25) is 0 Å². The maximum Gasteiger partial charge on any atom is 0.322 e. The van der Waals surface area contributed by atoms with E-state index >= 15 is 0 Å². The number of amides is 3. The second-order valence-electron chi connectivity index (χ2n) is 6.88. The molecule has 0 aliphatic carbocycles. The zero-order chi connectivity index (χ0) is 20.5. The number of nitrogens with one attached hydrogen (secondary N) is 2. The minimum absolute atomic E-state index is 0.124. The third-order valence-corrected chi connectivity index (χ3v) is 4.04. The lowest BCUT2D eigenvalue weighted by Gasteiger charge is -2.25. The summed E-state index contributed by atoms with van der Waals surface area (Å²) in [6, 6.07) is 8.75. The molecule has 28 heavy (non-hydrogen) atoms. The lowest BCUT2D eigenvalue weighted by molar-refractivity contribution is -0.115. The Labute approximate surface area is 166 Å². The van der Waals surface area contributed by atoms with E-state index in [0.717, 1.165) is 5.56 Å². The summed E-state index contributed by atoms with van der Waals surface area (Å²) in [6.07, 6.45) is 3.79. The Bertz CT molecular complexity index is 793. The van der Waals surface area contributed by atoms with E-state index in [9.17, 15) is 9.59 Å². The van der Waals surface area contributed by atoms with Gasteiger partial charge in [0.05, 0.1) is 12.8 Å². The standard InChI is InChI=1S/C21H28N4O3/c1-5-20(26)24-18-12-17(6-7-19(18)28-4)23-21(27)25(13-15(2)3)14-16-8-10-22-11-9-16/h6-12,15H,5,13-14H2,1-4H3,(H,23,27)(H,24,26). The number of methoxy groups -OCH3 is 1. The number of carbonyl (C=O) groups is 2. The molecule has 2 rings (SSSR count). The molecule has 7 heteroatoms. The van der Waals surface area contributed by atoms with Crippen molar-refractivity contribution >= 4 is 23.3 Å². The summed E-state index contributed by atoms with van der Waals surface area (Å²) in [5.41, 5.74) is 2.12. The molecule has 0 radical (unpaired) electrons. The van der Waals surface area contributed by atoms with Crippen LogP contribution in [0.25, 0.3) is 0 Å². The number of anilines is 2. The van der Waals surface area contributed by atoms with Crippen LogP contribution in [0.1, 0.15) is 32.8 Å². The first-order valence-corrected chi connectivity index (χ1v) is 9.35. The molecule has 2 aromatic rings. The summed E-state index contributed by atoms with van der Waals surface area (Å²) in [7, 11) is 1.54. The summed E-state index contributed by atoms with van der Waals surface area (Å²) in [5.74, 6) is 0.736. The Kier molecular flexibility index (Phi) is 7.80. The molecular weight excluding hydrogens is 356 g/mol. The topological polar surface area (TPSA) is 83.6 Å². The van der Waals surface area contributed by atoms with Crippen LogP contribution in [-0.2, 0) is 11.3 Å². The first-order chi connectivity index (χ1) is 13.4. The first-order valence-electron chi connectivity index (χ1n) is 9.35. The van der Waals surface area contributed by atoms with Crippen molar-refractivity contribution in [2.45, 2.75) is 33.7 Å². The van der Waals surface area contributed by atoms with Crippen LogP contribution < -0.4 is 15.4 Å². The average Bonchev–Trinajstić information content (AvgIpc) is 2.68. The van der Waals surface area contributed by atoms with Crippen molar-refractivity contribution in [1.82, 2.24) is 9.88 Å². The maximum atomic E-state index is 12.9. The fraction of sp³-hybridized carbons (Fsp3) is 0.381. The number of nitrogens with zero attached hydrogens (tertiary/aromatic N) is 2. The highest BCUT2D eigenvalue weighted by Gasteiger charge is 2.17. The fourth-order valence-electron chi connectivity index (χ4n) is 2.69. The molecule has 3 amide bonds. The summed E-state index contributed by atoms with van der Waals surface area (Å²) in [6.45, 7) is 7.01. The molecule has 0 saturated carbocycles. The summed E-state index contributed by atoms with van der Waals surface area (Å²) < 4.78 is 5.29. The molecule has 0 spiro atoms. The van der Waals surface area contributed by atoms with E-state index in [1.165, 1.54) is 7.11 Å². The van der Waals surface area contributed by atoms with E-state index in [0.29, 0.717) is 42.6 Å². The number of pyridine rings is 1. The molecule has 7 nitrogen and oxygen atoms in total. The normalized spacial score (nSPS) is 10.5. The smallest absolute Gasteiger partial charge is 0.322 e. The molecule has 0 atom stereocenters. The van der Waals surface area contributed by atoms with Crippen molar-refractivity contribution in [3.63, 3.8) is 0 Å². The highest BCUT2D eigenvalue weighted by atomic mass is 16.5. The zero-order valence-corrected chi connectivity index (χ0v) is 16.9. The Morgan fingerprint density at radius 1 is 1.14 bits per heavy atom. The average molecular weight is 384 g/mol. The molecule has 1 aromatic heterocycles. The van der Waals surface area contributed by atoms with Gasteiger partial charge in [0.1, 0.15) is 5.75 Å². The van der Waals surface area contributed by atoms with E-state index in [-0.39, 0.29) is 11.9 Å². The van der Waals surface area contributed by atoms with Crippen LogP contribution in [0.15, 0.2) is 42.7 Å². The fourth-order valence-corrected chi connectivity index (χ4v) is 2.69. The van der Waals surface area contributed by atoms with Gasteiger partial charge in [0, 0.05) is 37.6 Å². The van der Waals surface area contributed by atoms with Gasteiger partial charge in [-0.25, -0.2) is 4.79 Å². The molecule has 0 bridgehead atoms. The van der Waals surface area contributed by atoms with Crippen molar-refractivity contribution < 1.29 is 14.3 Å². The van der Waals surface area contributed by atoms with Crippen LogP contribution in [-0.4, -0.2) is 35.5 Å². The third kappa shape index (κ3) is 6.26. The summed E-state index contributed by atoms with van der Waals surface area (Å²) in [4.78, 5) is 30.4. The van der Waals surface area contributed by atoms with Gasteiger partial charge in [-0.15, -0.1) is 0 Å². The molecule has 1 heterocycles. The van der Waals surface area contributed by atoms with Crippen molar-refractivity contribution in [1.29, 1.82) is 0 Å². The Morgan fingerprint density at radius 3 is 2.46 bits per heavy atom. The van der Waals surface area contributed by atoms with Gasteiger partial charge >= 0.3 is 6.03 Å². The van der Waals surface area contributed by atoms with Crippen LogP contribution in [0.5, 0.6) is 5.75 Å². The third-order valence-electron chi connectivity index (χ3n) is 4.04. The molecule has 0 saturated heterocycles. The number of hydrogen-bond acceptors (Lipinski definition) is 4. The molecule has 2 N–H and O–H groups in total. The lowest BCUT2D eigenvalue weighted by Crippen LogP contribution is -2.37. The van der Waals surface area contributed by atoms with Gasteiger partial charge in [-0.05, 0) is 41.8 Å². The largest absolute Gasteiger partial charge is 0.495 e. The zero-order valence-electron chi connectivity index (χ0n) is 16.9. The van der Waals surface area contributed by atoms with E-state index in [4.69, 9.17) is 4.74 Å². The Morgan fingerprint density at radius 2 is 1.86 bits per heavy atom. The molecule has 0 unspecified atom stereocenters. The lowest BCUT2D eigenvalue weighted by atomic mass is 10.2. The van der Waals surface area contributed by atoms with Crippen molar-refractivity contribution in [3.05, 3.63) is 48.3 Å². The van der Waals surface area contributed by atoms with Gasteiger partial charge in [0.15, 0.2) is 0 Å². The molecule has 1 aromatic carbocycles. The Hall–Kier alpha value is -3.09. The maximum absolute atomic E-state index is 12.9. The molecular formula is C21H28N4O3. The predicted molar refractivity (Wildman–Crippen MR) is 110 cm³/mol. The van der Waals surface area contributed by atoms with Crippen LogP contribution in [0, 0.1) is 5.92 Å². The summed E-state index contributed by atoms with van der Waals surface area (Å²) >= 11 is 0. The van der Waals surface area contributed by atoms with Gasteiger partial charge in [0.2, 0.25) is 5.91 Å². The second kappa shape index (κ2) is 10.3. The number of ether oxygens (including phenoxy) is 1. The number of rotatable bonds is 8. The van der Waals surface area contributed by atoms with E-state index in [2.05, 4.69) is 29.5 Å². The van der Waals surface area contributed by atoms with Gasteiger partial charge in [-0.2, -0.15) is 0 Å². The van der Waals surface area contributed by atoms with Crippen molar-refractivity contribution in [3.8, 4) is 5.75 Å². The monoisotopic (exact) mass is 384 g/mol. The van der Waals surface area contributed by atoms with Gasteiger partial charge in [-0.3, -0.25) is 9.78 Å². The van der Waals surface area contributed by atoms with Gasteiger partial charge < -0.3 is 20.3 Å². The van der Waals surface area contributed by atoms with Crippen molar-refractivity contribution in [2.75, 3.05) is 24.3 Å². The number of urea groups is 1. The van der Waals surface area contributed by atoms with E-state index in [1.54, 1.807) is 42.4 Å². The quantitative estimate of drug-likeness (QED) is 0.717. The Balaban J connectivity index is 2.17. The molecule has 150 valence electrons. The minimum atomic E-state index is -0.205. The van der Waals surface area contributed by atoms with E-state index in [1.807, 2.05) is 12.1 Å². The highest BCUT2D eigenvalue weighted by Crippen LogP contribution is 2.28. The first kappa shape index (κ1) is 21.2. The molecule has 0 aliphatic rings. The highest BCUT2D eigenvalue weighted by molar-refractivity contribution is 5.95. The minimum Gasteiger partial charge on any atom is -0.495 e. The van der Waals surface area contributed by atoms with Gasteiger partial charge in [0.25, 0.3) is 0 Å². The number of carbonyl (C=O) groups excluding carboxylic acids is 2. The van der Waals surface area contributed by atoms with Gasteiger partial charge in [-0.1, -0.05) is 20.8 Å². The van der Waals surface area contributed by atoms with Crippen molar-refractivity contribution in [2.24, 2.45) is 5.92 Å². The summed E-state index contributed by atoms with van der Waals surface area (Å²) in [5, 5.41) is 5.71. The van der Waals surface area contributed by atoms with E-state index < -0.39 is 0 Å². The number of hydrogen-bond donors (Lipinski definition) is 2. The van der Waals surface area contributed by atoms with Crippen LogP contribution in [0.3, 0.4) is 0 Å². The number of aromatic nitrogens is 1. The number of benzene rings is 1. The van der Waals surface area contributed by atoms with Crippen LogP contribution >= 0.6 is 0 Å². The predicted octanol–water partition coefficient (Wildman–Crippen LogP) is 4.13. The molecule has 0 fully saturated rings. The van der Waals surface area contributed by atoms with Crippen LogP contribution in [0.4, 0.5) is 16.2 Å². The molecule has 0 aliphatic heterocycles. The second-order valence-corrected chi connectivity index (χ2v) is 6.88. The SMILES string of the molecule is CCC(=O)Nc1cc(NC(=O)N(Cc2ccncc2)CC(C)C)ccc1OC.